The summed E-state index contributed by atoms with van der Waals surface area (Å²) < 4.78 is 79.0. The summed E-state index contributed by atoms with van der Waals surface area (Å²) in [6.45, 7) is 11.7. The first-order valence-electron chi connectivity index (χ1n) is 12.8. The van der Waals surface area contributed by atoms with Gasteiger partial charge in [-0.2, -0.15) is 26.3 Å². The second-order valence-corrected chi connectivity index (χ2v) is 11.7. The van der Waals surface area contributed by atoms with Crippen molar-refractivity contribution in [3.63, 3.8) is 0 Å². The predicted molar refractivity (Wildman–Crippen MR) is 129 cm³/mol. The van der Waals surface area contributed by atoms with Crippen LogP contribution in [0.15, 0.2) is 47.6 Å². The largest absolute Gasteiger partial charge is 0.426 e. The average Bonchev–Trinajstić information content (AvgIpc) is 3.00. The summed E-state index contributed by atoms with van der Waals surface area (Å²) in [5.41, 5.74) is -2.26. The number of allylic oxidation sites excluding steroid dienone is 4. The minimum Gasteiger partial charge on any atom is -0.393 e. The molecule has 9 heteroatoms. The van der Waals surface area contributed by atoms with E-state index in [1.165, 1.54) is 5.57 Å². The Kier molecular flexibility index (Phi) is 8.53. The second-order valence-electron chi connectivity index (χ2n) is 11.7. The van der Waals surface area contributed by atoms with Crippen molar-refractivity contribution in [1.82, 2.24) is 0 Å². The SMILES string of the molecule is C=C(C[C@@H](C)[C@H]1C(=C)CC2/C(=C/C=C3C[C@@H](O)C[C@H](O)C3)CCC[C@@]21C)CC(O)(C(F)(F)F)C(F)(F)F. The van der Waals surface area contributed by atoms with E-state index in [1.807, 2.05) is 6.08 Å². The molecule has 0 aromatic carbocycles. The van der Waals surface area contributed by atoms with Crippen LogP contribution in [-0.4, -0.2) is 45.5 Å². The third-order valence-electron chi connectivity index (χ3n) is 8.74. The van der Waals surface area contributed by atoms with Crippen LogP contribution in [0.5, 0.6) is 0 Å². The number of halogens is 6. The molecular weight excluding hydrogens is 498 g/mol. The Labute approximate surface area is 214 Å². The lowest BCUT2D eigenvalue weighted by atomic mass is 9.60. The van der Waals surface area contributed by atoms with Crippen molar-refractivity contribution in [2.24, 2.45) is 23.2 Å². The highest BCUT2D eigenvalue weighted by atomic mass is 19.4. The monoisotopic (exact) mass is 536 g/mol. The molecule has 210 valence electrons. The maximum atomic E-state index is 13.2. The van der Waals surface area contributed by atoms with Gasteiger partial charge in [-0.3, -0.25) is 0 Å². The maximum absolute atomic E-state index is 13.2. The highest BCUT2D eigenvalue weighted by Gasteiger charge is 2.70. The lowest BCUT2D eigenvalue weighted by Gasteiger charge is -2.44. The van der Waals surface area contributed by atoms with Gasteiger partial charge in [-0.1, -0.05) is 61.4 Å². The van der Waals surface area contributed by atoms with Crippen molar-refractivity contribution in [2.75, 3.05) is 0 Å². The van der Waals surface area contributed by atoms with E-state index in [9.17, 15) is 41.7 Å². The third kappa shape index (κ3) is 6.04. The second kappa shape index (κ2) is 10.5. The van der Waals surface area contributed by atoms with E-state index >= 15 is 0 Å². The van der Waals surface area contributed by atoms with Gasteiger partial charge in [0.25, 0.3) is 5.60 Å². The highest BCUT2D eigenvalue weighted by Crippen LogP contribution is 2.62. The molecule has 37 heavy (non-hydrogen) atoms. The minimum absolute atomic E-state index is 0.0840. The normalized spacial score (nSPS) is 33.4. The van der Waals surface area contributed by atoms with Crippen molar-refractivity contribution >= 4 is 0 Å². The zero-order chi connectivity index (χ0) is 28.0. The van der Waals surface area contributed by atoms with Crippen molar-refractivity contribution in [3.8, 4) is 0 Å². The molecule has 3 rings (SSSR count). The van der Waals surface area contributed by atoms with Gasteiger partial charge in [-0.05, 0) is 74.5 Å². The van der Waals surface area contributed by atoms with Gasteiger partial charge in [-0.15, -0.1) is 0 Å². The lowest BCUT2D eigenvalue weighted by Crippen LogP contribution is -2.57. The van der Waals surface area contributed by atoms with Crippen LogP contribution in [0.1, 0.15) is 71.6 Å². The van der Waals surface area contributed by atoms with Crippen LogP contribution in [0.4, 0.5) is 26.3 Å². The highest BCUT2D eigenvalue weighted by molar-refractivity contribution is 5.32. The van der Waals surface area contributed by atoms with Crippen LogP contribution in [0, 0.1) is 23.2 Å². The third-order valence-corrected chi connectivity index (χ3v) is 8.74. The molecule has 3 N–H and O–H groups in total. The van der Waals surface area contributed by atoms with Gasteiger partial charge in [0.05, 0.1) is 12.2 Å². The Hall–Kier alpha value is -1.58. The topological polar surface area (TPSA) is 60.7 Å². The summed E-state index contributed by atoms with van der Waals surface area (Å²) in [5, 5.41) is 29.5. The van der Waals surface area contributed by atoms with Gasteiger partial charge in [0, 0.05) is 6.42 Å². The van der Waals surface area contributed by atoms with E-state index in [0.717, 1.165) is 30.4 Å². The summed E-state index contributed by atoms with van der Waals surface area (Å²) in [6, 6.07) is 0. The summed E-state index contributed by atoms with van der Waals surface area (Å²) >= 11 is 0. The van der Waals surface area contributed by atoms with Crippen molar-refractivity contribution in [1.29, 1.82) is 0 Å². The van der Waals surface area contributed by atoms with Gasteiger partial charge in [0.1, 0.15) is 0 Å². The molecule has 6 atom stereocenters. The smallest absolute Gasteiger partial charge is 0.393 e. The first kappa shape index (κ1) is 30.0. The summed E-state index contributed by atoms with van der Waals surface area (Å²) in [4.78, 5) is 0. The molecule has 3 nitrogen and oxygen atoms in total. The molecule has 3 aliphatic carbocycles. The summed E-state index contributed by atoms with van der Waals surface area (Å²) in [6.07, 6.45) is -5.83. The van der Waals surface area contributed by atoms with Gasteiger partial charge < -0.3 is 15.3 Å². The number of aliphatic hydroxyl groups is 3. The van der Waals surface area contributed by atoms with Crippen LogP contribution < -0.4 is 0 Å². The quantitative estimate of drug-likeness (QED) is 0.254. The predicted octanol–water partition coefficient (Wildman–Crippen LogP) is 6.96. The number of alkyl halides is 6. The van der Waals surface area contributed by atoms with Crippen LogP contribution in [0.25, 0.3) is 0 Å². The lowest BCUT2D eigenvalue weighted by molar-refractivity contribution is -0.367. The van der Waals surface area contributed by atoms with E-state index in [0.29, 0.717) is 25.7 Å². The number of hydrogen-bond donors (Lipinski definition) is 3. The van der Waals surface area contributed by atoms with E-state index in [1.54, 1.807) is 6.92 Å². The number of fused-ring (bicyclic) bond motifs is 1. The molecule has 0 aliphatic heterocycles. The minimum atomic E-state index is -5.87. The Morgan fingerprint density at radius 2 is 1.62 bits per heavy atom. The van der Waals surface area contributed by atoms with Crippen LogP contribution >= 0.6 is 0 Å². The molecule has 1 unspecified atom stereocenters. The van der Waals surface area contributed by atoms with Crippen molar-refractivity contribution < 1.29 is 41.7 Å². The zero-order valence-electron chi connectivity index (χ0n) is 21.4. The molecule has 0 radical (unpaired) electrons. The number of hydrogen-bond acceptors (Lipinski definition) is 3. The molecule has 0 saturated heterocycles. The molecule has 0 amide bonds. The first-order valence-corrected chi connectivity index (χ1v) is 12.8. The molecule has 0 heterocycles. The van der Waals surface area contributed by atoms with Crippen LogP contribution in [0.3, 0.4) is 0 Å². The van der Waals surface area contributed by atoms with Crippen LogP contribution in [-0.2, 0) is 0 Å². The van der Waals surface area contributed by atoms with E-state index in [4.69, 9.17) is 0 Å². The first-order chi connectivity index (χ1) is 16.9. The Balaban J connectivity index is 1.77. The molecule has 3 fully saturated rings. The molecule has 0 spiro atoms. The van der Waals surface area contributed by atoms with Crippen molar-refractivity contribution in [3.05, 3.63) is 47.6 Å². The molecular formula is C28H38F6O3. The molecule has 3 saturated carbocycles. The summed E-state index contributed by atoms with van der Waals surface area (Å²) in [7, 11) is 0. The zero-order valence-corrected chi connectivity index (χ0v) is 21.4. The number of aliphatic hydroxyl groups excluding tert-OH is 2. The standard InChI is InChI=1S/C28H38F6O3/c1-16(15-26(37,27(29,30)31)28(32,33)34)10-17(2)24-18(3)11-23-20(6-5-9-25(23,24)4)8-7-19-12-21(35)14-22(36)13-19/h7-8,17,21-24,35-37H,1,3,5-6,9-15H2,2,4H3/b20-8+/t17-,21-,22-,23?,24+,25+/m1/s1. The maximum Gasteiger partial charge on any atom is 0.426 e. The molecule has 0 aromatic rings. The van der Waals surface area contributed by atoms with Gasteiger partial charge >= 0.3 is 12.4 Å². The van der Waals surface area contributed by atoms with Gasteiger partial charge in [0.2, 0.25) is 0 Å². The Morgan fingerprint density at radius 1 is 1.05 bits per heavy atom. The number of rotatable bonds is 6. The van der Waals surface area contributed by atoms with E-state index < -0.39 is 36.6 Å². The fourth-order valence-electron chi connectivity index (χ4n) is 7.19. The fraction of sp³-hybridized carbons (Fsp3) is 0.714. The van der Waals surface area contributed by atoms with E-state index in [2.05, 4.69) is 26.2 Å². The van der Waals surface area contributed by atoms with E-state index in [-0.39, 0.29) is 35.2 Å². The van der Waals surface area contributed by atoms with Crippen molar-refractivity contribution in [2.45, 2.75) is 102 Å². The van der Waals surface area contributed by atoms with Gasteiger partial charge in [-0.25, -0.2) is 0 Å². The van der Waals surface area contributed by atoms with Gasteiger partial charge in [0.15, 0.2) is 0 Å². The molecule has 0 aromatic heterocycles. The van der Waals surface area contributed by atoms with Crippen LogP contribution in [0.2, 0.25) is 0 Å². The molecule has 0 bridgehead atoms. The average molecular weight is 537 g/mol. The molecule has 3 aliphatic rings. The summed E-state index contributed by atoms with van der Waals surface area (Å²) in [5.74, 6) is -0.275. The fourth-order valence-corrected chi connectivity index (χ4v) is 7.19. The Morgan fingerprint density at radius 3 is 2.16 bits per heavy atom. The Bertz CT molecular complexity index is 921.